The molecule has 0 saturated heterocycles. The fourth-order valence-corrected chi connectivity index (χ4v) is 5.14. The second kappa shape index (κ2) is 44.4. The molecule has 25 N–H and O–H groups in total. The van der Waals surface area contributed by atoms with Gasteiger partial charge in [0.2, 0.25) is 0 Å². The summed E-state index contributed by atoms with van der Waals surface area (Å²) < 4.78 is 0. The number of benzene rings is 3. The van der Waals surface area contributed by atoms with E-state index >= 15 is 0 Å². The van der Waals surface area contributed by atoms with Crippen LogP contribution in [0.2, 0.25) is 0 Å². The third kappa shape index (κ3) is 47.6. The lowest BCUT2D eigenvalue weighted by atomic mass is 10.1. The Labute approximate surface area is 436 Å². The van der Waals surface area contributed by atoms with Crippen LogP contribution in [-0.2, 0) is 57.6 Å². The van der Waals surface area contributed by atoms with Crippen LogP contribution in [0.4, 0.5) is 0 Å². The van der Waals surface area contributed by atoms with Gasteiger partial charge in [-0.2, -0.15) is 0 Å². The average molecular weight is 1070 g/mol. The van der Waals surface area contributed by atoms with E-state index in [0.717, 1.165) is 29.5 Å². The Kier molecular flexibility index (Phi) is 44.1. The van der Waals surface area contributed by atoms with Gasteiger partial charge in [-0.15, -0.1) is 0 Å². The molecule has 0 heterocycles. The molecule has 0 fully saturated rings. The number of phenols is 1. The molecular formula is C50H82N8O17. The van der Waals surface area contributed by atoms with Crippen molar-refractivity contribution in [1.82, 2.24) is 0 Å². The largest absolute Gasteiger partial charge is 0.508 e. The Morgan fingerprint density at radius 1 is 0.387 bits per heavy atom. The minimum Gasteiger partial charge on any atom is -0.508 e. The van der Waals surface area contributed by atoms with Gasteiger partial charge in [-0.3, -0.25) is 38.4 Å². The number of aromatic hydroxyl groups is 1. The molecule has 25 nitrogen and oxygen atoms in total. The van der Waals surface area contributed by atoms with E-state index in [9.17, 15) is 38.4 Å². The summed E-state index contributed by atoms with van der Waals surface area (Å²) >= 11 is 0. The molecule has 7 atom stereocenters. The zero-order chi connectivity index (χ0) is 58.8. The second-order valence-corrected chi connectivity index (χ2v) is 17.3. The van der Waals surface area contributed by atoms with E-state index in [1.807, 2.05) is 88.4 Å². The van der Waals surface area contributed by atoms with Gasteiger partial charge < -0.3 is 91.8 Å². The van der Waals surface area contributed by atoms with Crippen LogP contribution in [0.15, 0.2) is 84.9 Å². The van der Waals surface area contributed by atoms with Crippen LogP contribution >= 0.6 is 0 Å². The third-order valence-corrected chi connectivity index (χ3v) is 9.30. The van der Waals surface area contributed by atoms with Crippen molar-refractivity contribution in [2.45, 2.75) is 134 Å². The number of carbonyl (C=O) groups is 8. The standard InChI is InChI=1S/C9H11NO3.2C9H11NO2.C6H14N2O2.2C6H13NO2.C5H9NO4/c10-8(9(12)13)5-6-1-3-7(11)4-2-6;2*10-8(9(11)12)6-7-4-2-1-3-5-7;7-4-2-1-3-5(8)6(9)10;2*1-4(2)3-5(7)6(8)9;6-3(5(9)10)1-2-4(7)8/h1-4,8,11H,5,10H2,(H,12,13);2*1-5,8H,6,10H2,(H,11,12);5H,1-4,7-8H2,(H,9,10);2*4-5H,3,7H2,1-2H3,(H,8,9);3H,1-2,6H2,(H,7,8)(H,9,10)/t3*8-;3*5-;3-/m0000000/s1. The molecule has 0 saturated carbocycles. The highest BCUT2D eigenvalue weighted by atomic mass is 16.4. The van der Waals surface area contributed by atoms with Gasteiger partial charge in [0.25, 0.3) is 0 Å². The second-order valence-electron chi connectivity index (χ2n) is 17.3. The minimum atomic E-state index is -1.17. The van der Waals surface area contributed by atoms with Crippen molar-refractivity contribution in [2.24, 2.45) is 57.7 Å². The summed E-state index contributed by atoms with van der Waals surface area (Å²) in [4.78, 5) is 81.4. The van der Waals surface area contributed by atoms with E-state index < -0.39 is 90.0 Å². The Morgan fingerprint density at radius 2 is 0.667 bits per heavy atom. The molecule has 0 aliphatic rings. The molecule has 0 radical (unpaired) electrons. The number of carboxylic acid groups (broad SMARTS) is 8. The molecule has 0 spiro atoms. The minimum absolute atomic E-state index is 0.0231. The maximum atomic E-state index is 10.4. The van der Waals surface area contributed by atoms with Crippen LogP contribution in [0.3, 0.4) is 0 Å². The van der Waals surface area contributed by atoms with Crippen LogP contribution in [0.1, 0.15) is 89.3 Å². The first kappa shape index (κ1) is 74.4. The molecule has 3 aromatic carbocycles. The van der Waals surface area contributed by atoms with Gasteiger partial charge in [0, 0.05) is 6.42 Å². The van der Waals surface area contributed by atoms with E-state index in [1.165, 1.54) is 12.1 Å². The lowest BCUT2D eigenvalue weighted by Gasteiger charge is -2.07. The molecule has 0 amide bonds. The van der Waals surface area contributed by atoms with Crippen LogP contribution in [0, 0.1) is 11.8 Å². The summed E-state index contributed by atoms with van der Waals surface area (Å²) in [7, 11) is 0. The smallest absolute Gasteiger partial charge is 0.320 e. The summed E-state index contributed by atoms with van der Waals surface area (Å²) in [5.74, 6) is -7.02. The topological polar surface area (TPSA) is 527 Å². The zero-order valence-electron chi connectivity index (χ0n) is 43.0. The first-order valence-electron chi connectivity index (χ1n) is 23.4. The number of phenolic OH excluding ortho intramolecular Hbond substituents is 1. The first-order valence-corrected chi connectivity index (χ1v) is 23.4. The van der Waals surface area contributed by atoms with Gasteiger partial charge in [-0.05, 0) is 98.6 Å². The van der Waals surface area contributed by atoms with Crippen LogP contribution in [0.25, 0.3) is 0 Å². The lowest BCUT2D eigenvalue weighted by Crippen LogP contribution is -2.32. The highest BCUT2D eigenvalue weighted by molar-refractivity contribution is 5.76. The van der Waals surface area contributed by atoms with Gasteiger partial charge in [0.1, 0.15) is 48.0 Å². The molecule has 424 valence electrons. The SMILES string of the molecule is CC(C)C[C@H](N)C(=O)O.CC(C)C[C@H](N)C(=O)O.NCCCC[C@H](N)C(=O)O.N[C@@H](CCC(=O)O)C(=O)O.N[C@@H](Cc1ccc(O)cc1)C(=O)O.N[C@@H](Cc1ccccc1)C(=O)O.N[C@@H](Cc1ccccc1)C(=O)O. The number of unbranched alkanes of at least 4 members (excludes halogenated alkanes) is 1. The van der Waals surface area contributed by atoms with Gasteiger partial charge >= 0.3 is 47.8 Å². The molecule has 3 rings (SSSR count). The summed E-state index contributed by atoms with van der Waals surface area (Å²) in [5, 5.41) is 75.7. The predicted molar refractivity (Wildman–Crippen MR) is 280 cm³/mol. The van der Waals surface area contributed by atoms with Crippen molar-refractivity contribution < 1.29 is 84.3 Å². The Morgan fingerprint density at radius 3 is 0.907 bits per heavy atom. The first-order chi connectivity index (χ1) is 34.8. The maximum absolute atomic E-state index is 10.4. The zero-order valence-corrected chi connectivity index (χ0v) is 43.0. The Bertz CT molecular complexity index is 1970. The monoisotopic (exact) mass is 1070 g/mol. The quantitative estimate of drug-likeness (QED) is 0.0562. The van der Waals surface area contributed by atoms with Gasteiger partial charge in [-0.1, -0.05) is 107 Å². The molecular weight excluding hydrogens is 985 g/mol. The van der Waals surface area contributed by atoms with Crippen molar-refractivity contribution in [1.29, 1.82) is 0 Å². The predicted octanol–water partition coefficient (Wildman–Crippen LogP) is 1.31. The van der Waals surface area contributed by atoms with Crippen LogP contribution in [-0.4, -0.2) is 143 Å². The van der Waals surface area contributed by atoms with Crippen molar-refractivity contribution in [3.63, 3.8) is 0 Å². The van der Waals surface area contributed by atoms with Crippen molar-refractivity contribution in [3.05, 3.63) is 102 Å². The van der Waals surface area contributed by atoms with Gasteiger partial charge in [0.05, 0.1) is 0 Å². The summed E-state index contributed by atoms with van der Waals surface area (Å²) in [5.41, 5.74) is 44.6. The molecule has 75 heavy (non-hydrogen) atoms. The van der Waals surface area contributed by atoms with E-state index in [1.54, 1.807) is 12.1 Å². The molecule has 3 aromatic rings. The molecule has 0 aromatic heterocycles. The summed E-state index contributed by atoms with van der Waals surface area (Å²) in [6.45, 7) is 8.39. The highest BCUT2D eigenvalue weighted by Crippen LogP contribution is 2.11. The lowest BCUT2D eigenvalue weighted by molar-refractivity contribution is -0.141. The number of rotatable bonds is 24. The van der Waals surface area contributed by atoms with Crippen LogP contribution < -0.4 is 45.9 Å². The summed E-state index contributed by atoms with van der Waals surface area (Å²) in [6.07, 6.45) is 4.09. The molecule has 0 unspecified atom stereocenters. The van der Waals surface area contributed by atoms with E-state index in [-0.39, 0.29) is 25.0 Å². The number of hydrogen-bond acceptors (Lipinski definition) is 17. The van der Waals surface area contributed by atoms with E-state index in [2.05, 4.69) is 0 Å². The summed E-state index contributed by atoms with van der Waals surface area (Å²) in [6, 6.07) is 19.4. The normalized spacial score (nSPS) is 12.8. The number of aliphatic carboxylic acids is 8. The molecule has 0 aliphatic heterocycles. The highest BCUT2D eigenvalue weighted by Gasteiger charge is 2.16. The van der Waals surface area contributed by atoms with Crippen LogP contribution in [0.5, 0.6) is 5.75 Å². The van der Waals surface area contributed by atoms with E-state index in [0.29, 0.717) is 50.5 Å². The molecule has 0 aliphatic carbocycles. The average Bonchev–Trinajstić information content (AvgIpc) is 3.32. The van der Waals surface area contributed by atoms with Gasteiger partial charge in [0.15, 0.2) is 0 Å². The van der Waals surface area contributed by atoms with E-state index in [4.69, 9.17) is 91.8 Å². The molecule has 25 heteroatoms. The molecule has 0 bridgehead atoms. The van der Waals surface area contributed by atoms with Crippen molar-refractivity contribution >= 4 is 47.8 Å². The van der Waals surface area contributed by atoms with Gasteiger partial charge in [-0.25, -0.2) is 0 Å². The maximum Gasteiger partial charge on any atom is 0.320 e. The third-order valence-electron chi connectivity index (χ3n) is 9.30. The fourth-order valence-electron chi connectivity index (χ4n) is 5.14. The van der Waals surface area contributed by atoms with Crippen molar-refractivity contribution in [3.8, 4) is 5.75 Å². The fraction of sp³-hybridized carbons (Fsp3) is 0.480. The number of hydrogen-bond donors (Lipinski definition) is 17. The Hall–Kier alpha value is -7.10. The Balaban J connectivity index is -0.000000394. The van der Waals surface area contributed by atoms with Crippen molar-refractivity contribution in [2.75, 3.05) is 6.54 Å². The number of nitrogens with two attached hydrogens (primary N) is 8. The number of carboxylic acids is 8.